The molecule has 0 saturated heterocycles. The minimum Gasteiger partial charge on any atom is -0.741 e. The molecule has 1 rings (SSSR count). The summed E-state index contributed by atoms with van der Waals surface area (Å²) >= 11 is 10.1. The second kappa shape index (κ2) is 13.5. The number of nitrogens with zero attached hydrogens (tertiary/aromatic N) is 4. The van der Waals surface area contributed by atoms with Crippen LogP contribution in [0.25, 0.3) is 0 Å². The van der Waals surface area contributed by atoms with Crippen molar-refractivity contribution in [3.8, 4) is 5.75 Å². The van der Waals surface area contributed by atoms with Crippen molar-refractivity contribution in [1.82, 2.24) is 10.6 Å². The monoisotopic (exact) mass is 441 g/mol. The molecule has 0 fully saturated rings. The summed E-state index contributed by atoms with van der Waals surface area (Å²) in [4.78, 5) is 0. The average molecular weight is 442 g/mol. The molecular weight excluding hydrogens is 420 g/mol. The molecule has 0 unspecified atom stereocenters. The standard InChI is InChI=1S/C16H24N6OS2.Cu/c1-5-17-15(24)21-19-11(3)14(20-22-16(25)18-6-2)12-7-9-13(23-4)10-8-12;/h7-10H,5-6H2,1-4H3,(H2,17,21,24)(H2,18,22,25);/q;+2/p-2. The molecule has 0 spiro atoms. The number of methoxy groups -OCH3 is 1. The van der Waals surface area contributed by atoms with Crippen LogP contribution in [0.15, 0.2) is 44.7 Å². The molecule has 0 aliphatic rings. The zero-order valence-electron chi connectivity index (χ0n) is 15.0. The predicted molar refractivity (Wildman–Crippen MR) is 110 cm³/mol. The fourth-order valence-corrected chi connectivity index (χ4v) is 2.09. The van der Waals surface area contributed by atoms with Gasteiger partial charge in [0.05, 0.1) is 12.8 Å². The Kier molecular flexibility index (Phi) is 12.6. The molecule has 1 aromatic carbocycles. The van der Waals surface area contributed by atoms with Gasteiger partial charge in [-0.2, -0.15) is 15.3 Å². The molecular formula is C16H22CuN6OS2. The van der Waals surface area contributed by atoms with Crippen LogP contribution < -0.4 is 15.4 Å². The molecule has 0 amide bonds. The molecule has 0 aliphatic heterocycles. The van der Waals surface area contributed by atoms with Crippen LogP contribution in [-0.4, -0.2) is 42.0 Å². The number of hydrogen-bond donors (Lipinski definition) is 2. The van der Waals surface area contributed by atoms with Crippen LogP contribution in [0.3, 0.4) is 0 Å². The van der Waals surface area contributed by atoms with Crippen LogP contribution in [0.1, 0.15) is 26.3 Å². The Morgan fingerprint density at radius 1 is 0.923 bits per heavy atom. The molecule has 2 N–H and O–H groups in total. The van der Waals surface area contributed by atoms with E-state index in [4.69, 9.17) is 30.0 Å². The van der Waals surface area contributed by atoms with Gasteiger partial charge in [-0.3, -0.25) is 0 Å². The van der Waals surface area contributed by atoms with Crippen molar-refractivity contribution in [2.45, 2.75) is 20.8 Å². The maximum absolute atomic E-state index is 5.18. The van der Waals surface area contributed by atoms with Gasteiger partial charge >= 0.3 is 17.1 Å². The van der Waals surface area contributed by atoms with Gasteiger partial charge in [-0.15, -0.1) is 5.10 Å². The van der Waals surface area contributed by atoms with Crippen LogP contribution in [0.4, 0.5) is 0 Å². The Labute approximate surface area is 176 Å². The Balaban J connectivity index is 0.00000625. The van der Waals surface area contributed by atoms with Crippen molar-refractivity contribution in [3.63, 3.8) is 0 Å². The Morgan fingerprint density at radius 2 is 1.42 bits per heavy atom. The minimum absolute atomic E-state index is 0. The van der Waals surface area contributed by atoms with Gasteiger partial charge in [0, 0.05) is 18.7 Å². The van der Waals surface area contributed by atoms with Crippen molar-refractivity contribution in [3.05, 3.63) is 29.8 Å². The zero-order chi connectivity index (χ0) is 18.7. The molecule has 10 heteroatoms. The van der Waals surface area contributed by atoms with Gasteiger partial charge in [-0.1, -0.05) is 0 Å². The third-order valence-electron chi connectivity index (χ3n) is 2.89. The topological polar surface area (TPSA) is 82.7 Å². The van der Waals surface area contributed by atoms with E-state index in [2.05, 4.69) is 31.0 Å². The van der Waals surface area contributed by atoms with Gasteiger partial charge in [0.25, 0.3) is 0 Å². The summed E-state index contributed by atoms with van der Waals surface area (Å²) in [6.45, 7) is 7.01. The van der Waals surface area contributed by atoms with Gasteiger partial charge < -0.3 is 40.6 Å². The number of nitrogens with one attached hydrogen (secondary N) is 2. The molecule has 0 heterocycles. The Morgan fingerprint density at radius 3 is 1.88 bits per heavy atom. The van der Waals surface area contributed by atoms with Crippen molar-refractivity contribution < 1.29 is 21.8 Å². The molecule has 145 valence electrons. The molecule has 1 aromatic rings. The van der Waals surface area contributed by atoms with Gasteiger partial charge in [0.15, 0.2) is 0 Å². The molecule has 0 aliphatic carbocycles. The van der Waals surface area contributed by atoms with Crippen molar-refractivity contribution in [2.75, 3.05) is 20.2 Å². The molecule has 0 atom stereocenters. The molecule has 0 aromatic heterocycles. The smallest absolute Gasteiger partial charge is 0.741 e. The summed E-state index contributed by atoms with van der Waals surface area (Å²) < 4.78 is 5.18. The van der Waals surface area contributed by atoms with E-state index >= 15 is 0 Å². The fourth-order valence-electron chi connectivity index (χ4n) is 1.72. The van der Waals surface area contributed by atoms with E-state index in [9.17, 15) is 0 Å². The third kappa shape index (κ3) is 8.57. The zero-order valence-corrected chi connectivity index (χ0v) is 17.6. The van der Waals surface area contributed by atoms with Crippen molar-refractivity contribution >= 4 is 47.0 Å². The maximum atomic E-state index is 5.18. The van der Waals surface area contributed by atoms with E-state index in [-0.39, 0.29) is 17.1 Å². The van der Waals surface area contributed by atoms with E-state index < -0.39 is 0 Å². The van der Waals surface area contributed by atoms with E-state index in [0.29, 0.717) is 34.8 Å². The third-order valence-corrected chi connectivity index (χ3v) is 3.35. The van der Waals surface area contributed by atoms with Crippen LogP contribution in [-0.2, 0) is 42.3 Å². The minimum atomic E-state index is 0. The van der Waals surface area contributed by atoms with Crippen molar-refractivity contribution in [1.29, 1.82) is 0 Å². The second-order valence-electron chi connectivity index (χ2n) is 4.73. The SMILES string of the molecule is CCNC([S-])=NN=C(C)C(=NN=C([S-])NCC)c1ccc(OC)cc1.[Cu+2]. The normalized spacial score (nSPS) is 13.1. The summed E-state index contributed by atoms with van der Waals surface area (Å²) in [6, 6.07) is 7.40. The van der Waals surface area contributed by atoms with Crippen molar-refractivity contribution in [2.24, 2.45) is 20.4 Å². The first-order valence-corrected chi connectivity index (χ1v) is 8.57. The Bertz CT molecular complexity index is 674. The van der Waals surface area contributed by atoms with Crippen LogP contribution in [0.2, 0.25) is 0 Å². The quantitative estimate of drug-likeness (QED) is 0.221. The number of amidine groups is 2. The predicted octanol–water partition coefficient (Wildman–Crippen LogP) is 1.80. The number of ether oxygens (including phenoxy) is 1. The first-order valence-electron chi connectivity index (χ1n) is 7.76. The first kappa shape index (κ1) is 24.3. The molecule has 7 nitrogen and oxygen atoms in total. The van der Waals surface area contributed by atoms with E-state index in [1.807, 2.05) is 38.1 Å². The molecule has 1 radical (unpaired) electrons. The van der Waals surface area contributed by atoms with E-state index in [1.165, 1.54) is 0 Å². The van der Waals surface area contributed by atoms with Crippen LogP contribution in [0, 0.1) is 0 Å². The maximum Gasteiger partial charge on any atom is 2.00 e. The second-order valence-corrected chi connectivity index (χ2v) is 5.51. The fraction of sp³-hybridized carbons (Fsp3) is 0.375. The van der Waals surface area contributed by atoms with Crippen LogP contribution in [0.5, 0.6) is 5.75 Å². The van der Waals surface area contributed by atoms with Crippen LogP contribution >= 0.6 is 0 Å². The summed E-state index contributed by atoms with van der Waals surface area (Å²) in [6.07, 6.45) is 0. The largest absolute Gasteiger partial charge is 2.00 e. The van der Waals surface area contributed by atoms with Gasteiger partial charge in [-0.25, -0.2) is 0 Å². The molecule has 26 heavy (non-hydrogen) atoms. The molecule has 0 saturated carbocycles. The summed E-state index contributed by atoms with van der Waals surface area (Å²) in [5, 5.41) is 22.8. The van der Waals surface area contributed by atoms with Gasteiger partial charge in [0.1, 0.15) is 11.5 Å². The van der Waals surface area contributed by atoms with Gasteiger partial charge in [0.2, 0.25) is 0 Å². The first-order chi connectivity index (χ1) is 12.0. The average Bonchev–Trinajstić information content (AvgIpc) is 2.61. The summed E-state index contributed by atoms with van der Waals surface area (Å²) in [7, 11) is 1.61. The Hall–Kier alpha value is -1.74. The summed E-state index contributed by atoms with van der Waals surface area (Å²) in [5.41, 5.74) is 1.93. The van der Waals surface area contributed by atoms with E-state index in [1.54, 1.807) is 14.0 Å². The van der Waals surface area contributed by atoms with Gasteiger partial charge in [-0.05, 0) is 55.4 Å². The molecule has 0 bridgehead atoms. The number of hydrogen-bond acceptors (Lipinski definition) is 7. The number of rotatable bonds is 7. The number of benzene rings is 1. The van der Waals surface area contributed by atoms with E-state index in [0.717, 1.165) is 11.3 Å². The summed E-state index contributed by atoms with van der Waals surface area (Å²) in [5.74, 6) is 0.746.